The Labute approximate surface area is 332 Å². The van der Waals surface area contributed by atoms with E-state index in [0.717, 1.165) is 50.0 Å². The highest BCUT2D eigenvalue weighted by Crippen LogP contribution is 2.46. The molecule has 0 radical (unpaired) electrons. The van der Waals surface area contributed by atoms with Crippen molar-refractivity contribution < 1.29 is 4.42 Å². The molecule has 0 fully saturated rings. The van der Waals surface area contributed by atoms with Crippen LogP contribution in [-0.2, 0) is 0 Å². The Morgan fingerprint density at radius 2 is 1.19 bits per heavy atom. The molecule has 0 aliphatic carbocycles. The van der Waals surface area contributed by atoms with Gasteiger partial charge >= 0.3 is 0 Å². The molecular formula is C51H34N4OS. The van der Waals surface area contributed by atoms with Crippen molar-refractivity contribution in [3.05, 3.63) is 199 Å². The van der Waals surface area contributed by atoms with Crippen LogP contribution >= 0.6 is 11.3 Å². The van der Waals surface area contributed by atoms with Crippen LogP contribution in [0.5, 0.6) is 0 Å². The van der Waals surface area contributed by atoms with E-state index in [1.807, 2.05) is 23.5 Å². The van der Waals surface area contributed by atoms with Gasteiger partial charge in [0, 0.05) is 42.6 Å². The molecule has 0 saturated heterocycles. The van der Waals surface area contributed by atoms with Crippen molar-refractivity contribution >= 4 is 81.1 Å². The van der Waals surface area contributed by atoms with Gasteiger partial charge in [-0.25, -0.2) is 4.99 Å². The number of furan rings is 1. The summed E-state index contributed by atoms with van der Waals surface area (Å²) in [6.45, 7) is 0. The third-order valence-corrected chi connectivity index (χ3v) is 12.7. The molecule has 3 aromatic heterocycles. The minimum absolute atomic E-state index is 0.187. The summed E-state index contributed by atoms with van der Waals surface area (Å²) in [5, 5.41) is 14.8. The summed E-state index contributed by atoms with van der Waals surface area (Å²) in [5.41, 5.74) is 11.0. The van der Waals surface area contributed by atoms with Gasteiger partial charge in [-0.1, -0.05) is 140 Å². The standard InChI is InChI=1S/C51H34N4OS/c1-3-14-31(15-4-1)49-52-50(32-16-5-2-6-17-32)54-51(53-49)33-28-29-43-39(30-33)46-36(20-12-26-44(46)56-43)37-21-13-27-45-47(37)38-22-11-25-42(48(38)57-45)55-40-23-9-7-18-34(40)35-19-8-10-24-41(35)55/h1-30,49,51,53H,(H,52,54). The zero-order valence-corrected chi connectivity index (χ0v) is 31.5. The maximum atomic E-state index is 6.60. The summed E-state index contributed by atoms with van der Waals surface area (Å²) in [7, 11) is 0. The molecule has 2 N–H and O–H groups in total. The number of hydrogen-bond donors (Lipinski definition) is 2. The number of para-hydroxylation sites is 2. The lowest BCUT2D eigenvalue weighted by Gasteiger charge is -2.32. The van der Waals surface area contributed by atoms with E-state index < -0.39 is 0 Å². The van der Waals surface area contributed by atoms with Crippen molar-refractivity contribution in [2.75, 3.05) is 0 Å². The van der Waals surface area contributed by atoms with Gasteiger partial charge in [-0.2, -0.15) is 0 Å². The van der Waals surface area contributed by atoms with Gasteiger partial charge in [0.25, 0.3) is 0 Å². The van der Waals surface area contributed by atoms with Crippen LogP contribution in [0.3, 0.4) is 0 Å². The second kappa shape index (κ2) is 12.8. The van der Waals surface area contributed by atoms with Crippen LogP contribution in [0.2, 0.25) is 0 Å². The Morgan fingerprint density at radius 1 is 0.526 bits per heavy atom. The monoisotopic (exact) mass is 750 g/mol. The van der Waals surface area contributed by atoms with Crippen LogP contribution in [0.4, 0.5) is 0 Å². The molecule has 11 aromatic rings. The summed E-state index contributed by atoms with van der Waals surface area (Å²) in [5.74, 6) is 0.863. The normalized spacial score (nSPS) is 15.9. The summed E-state index contributed by atoms with van der Waals surface area (Å²) in [6, 6.07) is 64.8. The maximum Gasteiger partial charge on any atom is 0.136 e. The molecule has 0 saturated carbocycles. The Kier molecular flexibility index (Phi) is 7.24. The van der Waals surface area contributed by atoms with Crippen molar-refractivity contribution in [2.45, 2.75) is 12.3 Å². The molecule has 8 aromatic carbocycles. The number of fused-ring (bicyclic) bond motifs is 9. The fraction of sp³-hybridized carbons (Fsp3) is 0.0392. The van der Waals surface area contributed by atoms with Crippen LogP contribution < -0.4 is 10.6 Å². The largest absolute Gasteiger partial charge is 0.456 e. The minimum atomic E-state index is -0.211. The van der Waals surface area contributed by atoms with E-state index in [2.05, 4.69) is 185 Å². The van der Waals surface area contributed by atoms with E-state index in [-0.39, 0.29) is 12.3 Å². The predicted octanol–water partition coefficient (Wildman–Crippen LogP) is 13.1. The van der Waals surface area contributed by atoms with Gasteiger partial charge in [-0.05, 0) is 64.7 Å². The van der Waals surface area contributed by atoms with Crippen LogP contribution in [0, 0.1) is 0 Å². The SMILES string of the molecule is c1ccc(C2=NC(c3ccccc3)NC(c3ccc4oc5cccc(-c6cccc7sc8c(-n9c%10ccccc%10c%10ccccc%109)cccc8c67)c5c4c3)N2)cc1. The summed E-state index contributed by atoms with van der Waals surface area (Å²) >= 11 is 1.87. The number of aromatic nitrogens is 1. The Hall–Kier alpha value is -6.99. The van der Waals surface area contributed by atoms with Crippen LogP contribution in [0.1, 0.15) is 29.0 Å². The molecule has 4 heterocycles. The first-order valence-corrected chi connectivity index (χ1v) is 20.2. The second-order valence-electron chi connectivity index (χ2n) is 14.7. The Balaban J connectivity index is 1.03. The molecule has 0 bridgehead atoms. The molecule has 1 aliphatic heterocycles. The van der Waals surface area contributed by atoms with E-state index in [9.17, 15) is 0 Å². The second-order valence-corrected chi connectivity index (χ2v) is 15.8. The lowest BCUT2D eigenvalue weighted by Crippen LogP contribution is -2.44. The molecule has 0 amide bonds. The van der Waals surface area contributed by atoms with Gasteiger partial charge in [-0.15, -0.1) is 11.3 Å². The van der Waals surface area contributed by atoms with E-state index >= 15 is 0 Å². The summed E-state index contributed by atoms with van der Waals surface area (Å²) in [4.78, 5) is 5.13. The minimum Gasteiger partial charge on any atom is -0.456 e. The van der Waals surface area contributed by atoms with E-state index in [1.165, 1.54) is 53.2 Å². The van der Waals surface area contributed by atoms with Crippen molar-refractivity contribution in [2.24, 2.45) is 4.99 Å². The Morgan fingerprint density at radius 3 is 1.98 bits per heavy atom. The molecule has 12 rings (SSSR count). The first-order chi connectivity index (χ1) is 28.3. The molecule has 0 spiro atoms. The van der Waals surface area contributed by atoms with Gasteiger partial charge in [-0.3, -0.25) is 5.32 Å². The average molecular weight is 751 g/mol. The molecule has 270 valence electrons. The molecule has 6 heteroatoms. The lowest BCUT2D eigenvalue weighted by atomic mass is 9.94. The highest BCUT2D eigenvalue weighted by Gasteiger charge is 2.27. The van der Waals surface area contributed by atoms with Gasteiger partial charge in [0.2, 0.25) is 0 Å². The van der Waals surface area contributed by atoms with Crippen molar-refractivity contribution in [1.82, 2.24) is 15.2 Å². The maximum absolute atomic E-state index is 6.60. The van der Waals surface area contributed by atoms with Crippen LogP contribution in [0.15, 0.2) is 191 Å². The fourth-order valence-electron chi connectivity index (χ4n) is 8.94. The number of benzene rings is 8. The molecule has 2 unspecified atom stereocenters. The third-order valence-electron chi connectivity index (χ3n) is 11.5. The van der Waals surface area contributed by atoms with E-state index in [0.29, 0.717) is 0 Å². The van der Waals surface area contributed by atoms with Gasteiger partial charge in [0.1, 0.15) is 29.3 Å². The van der Waals surface area contributed by atoms with Gasteiger partial charge in [0.05, 0.1) is 21.4 Å². The van der Waals surface area contributed by atoms with Crippen molar-refractivity contribution in [3.63, 3.8) is 0 Å². The number of amidine groups is 1. The molecule has 5 nitrogen and oxygen atoms in total. The first-order valence-electron chi connectivity index (χ1n) is 19.4. The van der Waals surface area contributed by atoms with Gasteiger partial charge < -0.3 is 14.3 Å². The Bertz CT molecular complexity index is 3320. The number of aliphatic imine (C=N–C) groups is 1. The zero-order valence-electron chi connectivity index (χ0n) is 30.7. The number of hydrogen-bond acceptors (Lipinski definition) is 5. The molecule has 57 heavy (non-hydrogen) atoms. The van der Waals surface area contributed by atoms with Crippen LogP contribution in [-0.4, -0.2) is 10.4 Å². The highest BCUT2D eigenvalue weighted by molar-refractivity contribution is 7.26. The third kappa shape index (κ3) is 5.08. The number of rotatable bonds is 5. The summed E-state index contributed by atoms with van der Waals surface area (Å²) < 4.78 is 11.6. The molecular weight excluding hydrogens is 717 g/mol. The predicted molar refractivity (Wildman–Crippen MR) is 238 cm³/mol. The van der Waals surface area contributed by atoms with E-state index in [4.69, 9.17) is 9.41 Å². The summed E-state index contributed by atoms with van der Waals surface area (Å²) in [6.07, 6.45) is -0.398. The first kappa shape index (κ1) is 32.3. The van der Waals surface area contributed by atoms with Crippen molar-refractivity contribution in [3.8, 4) is 16.8 Å². The number of nitrogens with one attached hydrogen (secondary N) is 2. The highest BCUT2D eigenvalue weighted by atomic mass is 32.1. The topological polar surface area (TPSA) is 54.5 Å². The van der Waals surface area contributed by atoms with Gasteiger partial charge in [0.15, 0.2) is 0 Å². The quantitative estimate of drug-likeness (QED) is 0.184. The zero-order chi connectivity index (χ0) is 37.5. The smallest absolute Gasteiger partial charge is 0.136 e. The van der Waals surface area contributed by atoms with E-state index in [1.54, 1.807) is 0 Å². The molecule has 2 atom stereocenters. The fourth-order valence-corrected chi connectivity index (χ4v) is 10.2. The average Bonchev–Trinajstić information content (AvgIpc) is 3.96. The van der Waals surface area contributed by atoms with Crippen LogP contribution in [0.25, 0.3) is 80.7 Å². The van der Waals surface area contributed by atoms with Crippen molar-refractivity contribution in [1.29, 1.82) is 0 Å². The number of thiophene rings is 1. The number of nitrogens with zero attached hydrogens (tertiary/aromatic N) is 2. The molecule has 1 aliphatic rings. The lowest BCUT2D eigenvalue weighted by molar-refractivity contribution is 0.409.